The summed E-state index contributed by atoms with van der Waals surface area (Å²) in [6.07, 6.45) is 1.82. The number of aryl methyl sites for hydroxylation is 2. The van der Waals surface area contributed by atoms with Gasteiger partial charge in [-0.1, -0.05) is 47.5 Å². The number of hydrogen-bond acceptors (Lipinski definition) is 4. The molecule has 1 heterocycles. The third-order valence-electron chi connectivity index (χ3n) is 5.82. The number of rotatable bonds is 6. The van der Waals surface area contributed by atoms with Crippen molar-refractivity contribution in [2.45, 2.75) is 25.9 Å². The lowest BCUT2D eigenvalue weighted by atomic mass is 9.98. The van der Waals surface area contributed by atoms with Crippen LogP contribution in [0.25, 0.3) is 0 Å². The van der Waals surface area contributed by atoms with Crippen LogP contribution in [0, 0.1) is 13.8 Å². The van der Waals surface area contributed by atoms with Crippen LogP contribution >= 0.6 is 0 Å². The van der Waals surface area contributed by atoms with Crippen LogP contribution in [0.15, 0.2) is 66.7 Å². The molecule has 4 rings (SSSR count). The van der Waals surface area contributed by atoms with E-state index in [2.05, 4.69) is 10.7 Å². The molecule has 7 nitrogen and oxygen atoms in total. The van der Waals surface area contributed by atoms with Gasteiger partial charge in [-0.3, -0.25) is 9.59 Å². The first-order valence-electron chi connectivity index (χ1n) is 11.0. The molecular formula is C27H28N3O4+. The van der Waals surface area contributed by atoms with Crippen LogP contribution in [-0.2, 0) is 4.79 Å². The van der Waals surface area contributed by atoms with Crippen LogP contribution in [-0.4, -0.2) is 43.0 Å². The topological polar surface area (TPSA) is 79.7 Å². The van der Waals surface area contributed by atoms with E-state index in [9.17, 15) is 9.59 Å². The van der Waals surface area contributed by atoms with E-state index in [1.54, 1.807) is 37.1 Å². The van der Waals surface area contributed by atoms with E-state index in [1.165, 1.54) is 0 Å². The number of hydrogen-bond donors (Lipinski definition) is 2. The van der Waals surface area contributed by atoms with Crippen LogP contribution in [0.1, 0.15) is 38.7 Å². The summed E-state index contributed by atoms with van der Waals surface area (Å²) in [6.45, 7) is 3.93. The third kappa shape index (κ3) is 4.78. The van der Waals surface area contributed by atoms with E-state index < -0.39 is 12.1 Å². The molecule has 3 aromatic carbocycles. The Morgan fingerprint density at radius 3 is 2.35 bits per heavy atom. The Morgan fingerprint density at radius 2 is 1.68 bits per heavy atom. The number of carbonyl (C=O) groups excluding carboxylic acids is 2. The van der Waals surface area contributed by atoms with Crippen molar-refractivity contribution in [2.24, 2.45) is 0 Å². The van der Waals surface area contributed by atoms with Crippen LogP contribution in [0.4, 0.5) is 0 Å². The van der Waals surface area contributed by atoms with E-state index in [-0.39, 0.29) is 11.8 Å². The normalized spacial score (nSPS) is 18.5. The molecule has 2 amide bonds. The van der Waals surface area contributed by atoms with E-state index in [0.717, 1.165) is 22.3 Å². The highest BCUT2D eigenvalue weighted by Crippen LogP contribution is 2.29. The molecule has 1 aliphatic heterocycles. The van der Waals surface area contributed by atoms with E-state index in [1.807, 2.05) is 68.6 Å². The maximum absolute atomic E-state index is 13.1. The number of methoxy groups -OCH3 is 2. The molecular weight excluding hydrogens is 430 g/mol. The van der Waals surface area contributed by atoms with Crippen LogP contribution in [0.2, 0.25) is 0 Å². The third-order valence-corrected chi connectivity index (χ3v) is 5.82. The Hall–Kier alpha value is -4.13. The number of hydrazone groups is 1. The molecule has 2 N–H and O–H groups in total. The summed E-state index contributed by atoms with van der Waals surface area (Å²) < 4.78 is 12.5. The van der Waals surface area contributed by atoms with Gasteiger partial charge in [0.2, 0.25) is 12.3 Å². The molecule has 0 aromatic heterocycles. The summed E-state index contributed by atoms with van der Waals surface area (Å²) in [7, 11) is 3.15. The highest BCUT2D eigenvalue weighted by Gasteiger charge is 2.47. The lowest BCUT2D eigenvalue weighted by Crippen LogP contribution is -2.42. The first-order chi connectivity index (χ1) is 16.4. The molecule has 0 saturated carbocycles. The van der Waals surface area contributed by atoms with Crippen molar-refractivity contribution in [1.82, 2.24) is 10.7 Å². The molecule has 0 unspecified atom stereocenters. The molecule has 34 heavy (non-hydrogen) atoms. The van der Waals surface area contributed by atoms with Gasteiger partial charge in [-0.25, -0.2) is 0 Å². The highest BCUT2D eigenvalue weighted by molar-refractivity contribution is 5.98. The minimum Gasteiger partial charge on any atom is -0.493 e. The van der Waals surface area contributed by atoms with Crippen molar-refractivity contribution >= 4 is 18.0 Å². The largest absolute Gasteiger partial charge is 0.493 e. The molecule has 0 bridgehead atoms. The van der Waals surface area contributed by atoms with Crippen LogP contribution in [0.5, 0.6) is 11.5 Å². The Morgan fingerprint density at radius 1 is 0.941 bits per heavy atom. The number of benzene rings is 3. The summed E-state index contributed by atoms with van der Waals surface area (Å²) in [5.74, 6) is 0.610. The summed E-state index contributed by atoms with van der Waals surface area (Å²) in [6, 6.07) is 19.5. The quantitative estimate of drug-likeness (QED) is 0.556. The molecule has 0 aliphatic carbocycles. The van der Waals surface area contributed by atoms with Gasteiger partial charge < -0.3 is 14.8 Å². The van der Waals surface area contributed by atoms with E-state index in [4.69, 9.17) is 9.47 Å². The smallest absolute Gasteiger partial charge is 0.304 e. The highest BCUT2D eigenvalue weighted by atomic mass is 16.5. The van der Waals surface area contributed by atoms with Gasteiger partial charge in [0.25, 0.3) is 5.91 Å². The Balaban J connectivity index is 1.72. The fourth-order valence-corrected chi connectivity index (χ4v) is 4.05. The van der Waals surface area contributed by atoms with E-state index in [0.29, 0.717) is 17.1 Å². The summed E-state index contributed by atoms with van der Waals surface area (Å²) >= 11 is 0. The maximum atomic E-state index is 13.1. The number of carbonyl (C=O) groups is 2. The number of nitrogens with zero attached hydrogens (tertiary/aromatic N) is 1. The second-order valence-corrected chi connectivity index (χ2v) is 8.30. The van der Waals surface area contributed by atoms with Gasteiger partial charge >= 0.3 is 5.91 Å². The first kappa shape index (κ1) is 23.0. The molecule has 174 valence electrons. The average molecular weight is 459 g/mol. The molecule has 0 radical (unpaired) electrons. The summed E-state index contributed by atoms with van der Waals surface area (Å²) in [5.41, 5.74) is 7.20. The van der Waals surface area contributed by atoms with Gasteiger partial charge in [-0.2, -0.15) is 0 Å². The molecule has 0 spiro atoms. The van der Waals surface area contributed by atoms with Crippen molar-refractivity contribution in [3.63, 3.8) is 0 Å². The predicted molar refractivity (Wildman–Crippen MR) is 129 cm³/mol. The van der Waals surface area contributed by atoms with Crippen LogP contribution < -0.4 is 20.2 Å². The minimum atomic E-state index is -0.785. The zero-order valence-corrected chi connectivity index (χ0v) is 19.7. The maximum Gasteiger partial charge on any atom is 0.304 e. The first-order valence-corrected chi connectivity index (χ1v) is 11.0. The lowest BCUT2D eigenvalue weighted by molar-refractivity contribution is -0.596. The fourth-order valence-electron chi connectivity index (χ4n) is 4.05. The SMILES string of the molecule is COc1ccc(/C=[N+]2\NC(=O)[C@@H](NC(=O)c3cccc(C)c3)[C@@H]2c2ccc(C)cc2)cc1OC. The number of hydrazine groups is 1. The molecule has 1 aliphatic rings. The predicted octanol–water partition coefficient (Wildman–Crippen LogP) is 3.34. The van der Waals surface area contributed by atoms with Crippen molar-refractivity contribution < 1.29 is 23.7 Å². The lowest BCUT2D eigenvalue weighted by Gasteiger charge is -2.15. The Bertz CT molecular complexity index is 1250. The zero-order chi connectivity index (χ0) is 24.2. The summed E-state index contributed by atoms with van der Waals surface area (Å²) in [5, 5.41) is 2.93. The fraction of sp³-hybridized carbons (Fsp3) is 0.222. The van der Waals surface area contributed by atoms with Gasteiger partial charge in [-0.15, -0.1) is 10.1 Å². The van der Waals surface area contributed by atoms with Crippen molar-refractivity contribution in [3.05, 3.63) is 94.5 Å². The molecule has 1 fully saturated rings. The molecule has 7 heteroatoms. The number of amides is 2. The van der Waals surface area contributed by atoms with Gasteiger partial charge in [-0.05, 0) is 44.2 Å². The van der Waals surface area contributed by atoms with Gasteiger partial charge in [0.15, 0.2) is 17.5 Å². The second kappa shape index (κ2) is 9.79. The average Bonchev–Trinajstić information content (AvgIpc) is 3.13. The van der Waals surface area contributed by atoms with Gasteiger partial charge in [0.1, 0.15) is 0 Å². The second-order valence-electron chi connectivity index (χ2n) is 8.30. The van der Waals surface area contributed by atoms with Crippen molar-refractivity contribution in [1.29, 1.82) is 0 Å². The number of nitrogens with one attached hydrogen (secondary N) is 2. The van der Waals surface area contributed by atoms with Gasteiger partial charge in [0, 0.05) is 16.7 Å². The Labute approximate surface area is 199 Å². The van der Waals surface area contributed by atoms with Gasteiger partial charge in [0.05, 0.1) is 14.2 Å². The molecule has 1 saturated heterocycles. The number of ether oxygens (including phenoxy) is 2. The Kier molecular flexibility index (Phi) is 6.63. The van der Waals surface area contributed by atoms with Crippen molar-refractivity contribution in [3.8, 4) is 11.5 Å². The van der Waals surface area contributed by atoms with Crippen molar-refractivity contribution in [2.75, 3.05) is 14.2 Å². The minimum absolute atomic E-state index is 0.289. The zero-order valence-electron chi connectivity index (χ0n) is 19.7. The standard InChI is InChI=1S/C27H27N3O4/c1-17-8-11-20(12-9-17)25-24(28-26(31)21-7-5-6-18(2)14-21)27(32)29-30(25)16-19-10-13-22(33-3)23(15-19)34-4/h5-16,24-25H,1-4H3,(H-,28,29,31,32)/p+1/b30-16-/t24-,25-/m0/s1. The monoisotopic (exact) mass is 458 g/mol. The molecule has 2 atom stereocenters. The van der Waals surface area contributed by atoms with E-state index >= 15 is 0 Å². The summed E-state index contributed by atoms with van der Waals surface area (Å²) in [4.78, 5) is 26.0. The molecule has 3 aromatic rings. The van der Waals surface area contributed by atoms with Crippen LogP contribution in [0.3, 0.4) is 0 Å².